The molecule has 0 aromatic heterocycles. The first-order valence-electron chi connectivity index (χ1n) is 6.47. The van der Waals surface area contributed by atoms with E-state index in [0.29, 0.717) is 12.2 Å². The molecule has 0 radical (unpaired) electrons. The van der Waals surface area contributed by atoms with Crippen LogP contribution in [0.5, 0.6) is 0 Å². The summed E-state index contributed by atoms with van der Waals surface area (Å²) in [7, 11) is -0.747. The Morgan fingerprint density at radius 3 is 2.06 bits per heavy atom. The first kappa shape index (κ1) is 10.8. The Morgan fingerprint density at radius 2 is 1.62 bits per heavy atom. The van der Waals surface area contributed by atoms with E-state index < -0.39 is 10.8 Å². The van der Waals surface area contributed by atoms with Crippen LogP contribution in [0, 0.1) is 29.1 Å². The Bertz CT molecular complexity index is 322. The van der Waals surface area contributed by atoms with Gasteiger partial charge in [-0.1, -0.05) is 0 Å². The minimum atomic E-state index is -0.747. The summed E-state index contributed by atoms with van der Waals surface area (Å²) in [5.41, 5.74) is 0. The lowest BCUT2D eigenvalue weighted by Crippen LogP contribution is -2.53. The molecular formula is C13H19NOS. The van der Waals surface area contributed by atoms with Crippen molar-refractivity contribution in [1.82, 2.24) is 0 Å². The monoisotopic (exact) mass is 237 g/mol. The lowest BCUT2D eigenvalue weighted by Gasteiger charge is -2.56. The first-order chi connectivity index (χ1) is 7.72. The van der Waals surface area contributed by atoms with Gasteiger partial charge in [0.2, 0.25) is 0 Å². The van der Waals surface area contributed by atoms with Crippen molar-refractivity contribution in [3.8, 4) is 6.07 Å². The SMILES string of the molecule is N#CCCS(=O)C12CC3CC(CC(C3)C1)C2. The Hall–Kier alpha value is -0.360. The third-order valence-corrected chi connectivity index (χ3v) is 6.91. The number of hydrogen-bond acceptors (Lipinski definition) is 2. The van der Waals surface area contributed by atoms with Gasteiger partial charge in [-0.05, 0) is 56.3 Å². The molecule has 1 unspecified atom stereocenters. The molecule has 4 aliphatic carbocycles. The predicted octanol–water partition coefficient (Wildman–Crippen LogP) is 2.62. The molecule has 4 fully saturated rings. The maximum absolute atomic E-state index is 12.4. The molecule has 4 saturated carbocycles. The topological polar surface area (TPSA) is 40.9 Å². The summed E-state index contributed by atoms with van der Waals surface area (Å²) in [6.45, 7) is 0. The average molecular weight is 237 g/mol. The summed E-state index contributed by atoms with van der Waals surface area (Å²) in [6, 6.07) is 2.14. The van der Waals surface area contributed by atoms with Crippen LogP contribution in [0.3, 0.4) is 0 Å². The summed E-state index contributed by atoms with van der Waals surface area (Å²) in [5.74, 6) is 3.19. The van der Waals surface area contributed by atoms with Gasteiger partial charge < -0.3 is 0 Å². The molecule has 2 nitrogen and oxygen atoms in total. The standard InChI is InChI=1S/C13H19NOS/c14-2-1-3-16(15)13-7-10-4-11(8-13)6-12(5-10)9-13/h10-12H,1,3-9H2. The highest BCUT2D eigenvalue weighted by molar-refractivity contribution is 7.86. The van der Waals surface area contributed by atoms with Crippen molar-refractivity contribution in [2.24, 2.45) is 17.8 Å². The molecule has 0 aromatic carbocycles. The van der Waals surface area contributed by atoms with Crippen LogP contribution >= 0.6 is 0 Å². The molecule has 4 rings (SSSR count). The second-order valence-electron chi connectivity index (χ2n) is 6.06. The summed E-state index contributed by atoms with van der Waals surface area (Å²) in [4.78, 5) is 0. The van der Waals surface area contributed by atoms with Crippen LogP contribution in [0.25, 0.3) is 0 Å². The van der Waals surface area contributed by atoms with Gasteiger partial charge in [0.1, 0.15) is 0 Å². The number of rotatable bonds is 3. The number of hydrogen-bond donors (Lipinski definition) is 0. The molecule has 0 spiro atoms. The second kappa shape index (κ2) is 3.84. The van der Waals surface area contributed by atoms with Crippen LogP contribution in [-0.2, 0) is 10.8 Å². The van der Waals surface area contributed by atoms with E-state index in [1.807, 2.05) is 0 Å². The predicted molar refractivity (Wildman–Crippen MR) is 64.1 cm³/mol. The molecule has 0 heterocycles. The van der Waals surface area contributed by atoms with Gasteiger partial charge in [0.05, 0.1) is 6.07 Å². The first-order valence-corrected chi connectivity index (χ1v) is 7.79. The molecule has 4 bridgehead atoms. The molecule has 3 heteroatoms. The molecule has 1 atom stereocenters. The van der Waals surface area contributed by atoms with E-state index in [4.69, 9.17) is 5.26 Å². The molecule has 4 aliphatic rings. The fourth-order valence-electron chi connectivity index (χ4n) is 4.66. The van der Waals surface area contributed by atoms with Gasteiger partial charge in [0, 0.05) is 27.7 Å². The van der Waals surface area contributed by atoms with Crippen LogP contribution in [0.4, 0.5) is 0 Å². The lowest BCUT2D eigenvalue weighted by molar-refractivity contribution is 0.0361. The highest BCUT2D eigenvalue weighted by Crippen LogP contribution is 2.57. The van der Waals surface area contributed by atoms with Gasteiger partial charge in [-0.2, -0.15) is 5.26 Å². The van der Waals surface area contributed by atoms with Gasteiger partial charge >= 0.3 is 0 Å². The minimum Gasteiger partial charge on any atom is -0.259 e. The second-order valence-corrected chi connectivity index (χ2v) is 8.02. The van der Waals surface area contributed by atoms with Crippen LogP contribution < -0.4 is 0 Å². The summed E-state index contributed by atoms with van der Waals surface area (Å²) in [6.07, 6.45) is 8.23. The normalized spacial score (nSPS) is 46.6. The van der Waals surface area contributed by atoms with E-state index in [9.17, 15) is 4.21 Å². The van der Waals surface area contributed by atoms with Gasteiger partial charge in [0.15, 0.2) is 0 Å². The highest BCUT2D eigenvalue weighted by atomic mass is 32.2. The molecule has 0 aromatic rings. The van der Waals surface area contributed by atoms with Crippen molar-refractivity contribution in [2.75, 3.05) is 5.75 Å². The zero-order chi connectivity index (χ0) is 11.2. The third kappa shape index (κ3) is 1.62. The number of nitriles is 1. The van der Waals surface area contributed by atoms with Crippen molar-refractivity contribution in [1.29, 1.82) is 5.26 Å². The van der Waals surface area contributed by atoms with Gasteiger partial charge in [0.25, 0.3) is 0 Å². The molecule has 0 saturated heterocycles. The van der Waals surface area contributed by atoms with E-state index in [0.717, 1.165) is 17.8 Å². The van der Waals surface area contributed by atoms with E-state index in [-0.39, 0.29) is 4.75 Å². The van der Waals surface area contributed by atoms with Crippen molar-refractivity contribution >= 4 is 10.8 Å². The molecule has 16 heavy (non-hydrogen) atoms. The molecule has 0 amide bonds. The quantitative estimate of drug-likeness (QED) is 0.757. The molecule has 0 N–H and O–H groups in total. The Labute approximate surface area is 99.9 Å². The zero-order valence-corrected chi connectivity index (χ0v) is 10.5. The number of nitrogens with zero attached hydrogens (tertiary/aromatic N) is 1. The van der Waals surface area contributed by atoms with Crippen molar-refractivity contribution in [3.05, 3.63) is 0 Å². The van der Waals surface area contributed by atoms with Crippen molar-refractivity contribution in [3.63, 3.8) is 0 Å². The average Bonchev–Trinajstić information content (AvgIpc) is 2.24. The van der Waals surface area contributed by atoms with Crippen LogP contribution in [-0.4, -0.2) is 14.7 Å². The zero-order valence-electron chi connectivity index (χ0n) is 9.65. The fraction of sp³-hybridized carbons (Fsp3) is 0.923. The maximum Gasteiger partial charge on any atom is 0.0631 e. The smallest absolute Gasteiger partial charge is 0.0631 e. The third-order valence-electron chi connectivity index (χ3n) is 4.86. The molecule has 0 aliphatic heterocycles. The fourth-order valence-corrected chi connectivity index (χ4v) is 6.64. The van der Waals surface area contributed by atoms with Crippen molar-refractivity contribution < 1.29 is 4.21 Å². The Balaban J connectivity index is 1.78. The summed E-state index contributed by atoms with van der Waals surface area (Å²) < 4.78 is 12.5. The summed E-state index contributed by atoms with van der Waals surface area (Å²) in [5, 5.41) is 8.61. The largest absolute Gasteiger partial charge is 0.259 e. The van der Waals surface area contributed by atoms with Crippen LogP contribution in [0.15, 0.2) is 0 Å². The Morgan fingerprint density at radius 1 is 1.12 bits per heavy atom. The molecule has 88 valence electrons. The minimum absolute atomic E-state index is 0.131. The van der Waals surface area contributed by atoms with Crippen molar-refractivity contribution in [2.45, 2.75) is 49.7 Å². The van der Waals surface area contributed by atoms with Crippen LogP contribution in [0.2, 0.25) is 0 Å². The lowest BCUT2D eigenvalue weighted by atomic mass is 9.56. The van der Waals surface area contributed by atoms with Gasteiger partial charge in [-0.3, -0.25) is 4.21 Å². The van der Waals surface area contributed by atoms with E-state index in [2.05, 4.69) is 6.07 Å². The molecular weight excluding hydrogens is 218 g/mol. The highest BCUT2D eigenvalue weighted by Gasteiger charge is 2.53. The van der Waals surface area contributed by atoms with E-state index in [1.165, 1.54) is 38.5 Å². The van der Waals surface area contributed by atoms with Gasteiger partial charge in [-0.15, -0.1) is 0 Å². The van der Waals surface area contributed by atoms with Crippen LogP contribution in [0.1, 0.15) is 44.9 Å². The van der Waals surface area contributed by atoms with E-state index >= 15 is 0 Å². The van der Waals surface area contributed by atoms with E-state index in [1.54, 1.807) is 0 Å². The Kier molecular flexibility index (Phi) is 2.58. The maximum atomic E-state index is 12.4. The summed E-state index contributed by atoms with van der Waals surface area (Å²) >= 11 is 0. The van der Waals surface area contributed by atoms with Gasteiger partial charge in [-0.25, -0.2) is 0 Å².